The molecular formula is C25H30N4O2. The summed E-state index contributed by atoms with van der Waals surface area (Å²) in [6.07, 6.45) is 3.58. The molecule has 0 spiro atoms. The minimum absolute atomic E-state index is 0.0652. The van der Waals surface area contributed by atoms with Crippen molar-refractivity contribution in [3.8, 4) is 5.88 Å². The number of ether oxygens (including phenoxy) is 1. The maximum absolute atomic E-state index is 13.1. The van der Waals surface area contributed by atoms with Crippen LogP contribution >= 0.6 is 0 Å². The van der Waals surface area contributed by atoms with Gasteiger partial charge in [0.15, 0.2) is 5.82 Å². The van der Waals surface area contributed by atoms with E-state index in [1.54, 1.807) is 0 Å². The van der Waals surface area contributed by atoms with E-state index in [9.17, 15) is 4.79 Å². The van der Waals surface area contributed by atoms with Crippen LogP contribution in [-0.2, 0) is 11.2 Å². The van der Waals surface area contributed by atoms with Crippen LogP contribution < -0.4 is 15.0 Å². The summed E-state index contributed by atoms with van der Waals surface area (Å²) in [5.74, 6) is 1.25. The van der Waals surface area contributed by atoms with E-state index in [2.05, 4.69) is 30.1 Å². The van der Waals surface area contributed by atoms with Crippen LogP contribution in [0.1, 0.15) is 38.7 Å². The number of carbonyl (C=O) groups is 1. The van der Waals surface area contributed by atoms with Gasteiger partial charge >= 0.3 is 0 Å². The number of para-hydroxylation sites is 3. The molecular weight excluding hydrogens is 388 g/mol. The summed E-state index contributed by atoms with van der Waals surface area (Å²) in [5, 5.41) is 3.15. The maximum atomic E-state index is 13.1. The van der Waals surface area contributed by atoms with Crippen LogP contribution in [0.4, 0.5) is 11.5 Å². The van der Waals surface area contributed by atoms with Gasteiger partial charge in [-0.25, -0.2) is 9.97 Å². The van der Waals surface area contributed by atoms with Gasteiger partial charge < -0.3 is 15.0 Å². The molecule has 0 saturated carbocycles. The molecule has 31 heavy (non-hydrogen) atoms. The second-order valence-corrected chi connectivity index (χ2v) is 7.97. The molecule has 0 radical (unpaired) electrons. The lowest BCUT2D eigenvalue weighted by Gasteiger charge is -2.33. The fourth-order valence-corrected chi connectivity index (χ4v) is 4.04. The number of rotatable bonds is 7. The molecule has 1 atom stereocenters. The van der Waals surface area contributed by atoms with Gasteiger partial charge in [0, 0.05) is 18.8 Å². The van der Waals surface area contributed by atoms with Gasteiger partial charge in [0.1, 0.15) is 0 Å². The number of nitrogens with one attached hydrogen (secondary N) is 1. The number of amides is 1. The lowest BCUT2D eigenvalue weighted by Crippen LogP contribution is -2.41. The van der Waals surface area contributed by atoms with Gasteiger partial charge in [0.2, 0.25) is 5.91 Å². The molecule has 1 aromatic heterocycles. The van der Waals surface area contributed by atoms with Crippen LogP contribution in [0.3, 0.4) is 0 Å². The average molecular weight is 419 g/mol. The molecule has 1 fully saturated rings. The zero-order valence-corrected chi connectivity index (χ0v) is 18.3. The zero-order chi connectivity index (χ0) is 21.6. The molecule has 1 aliphatic heterocycles. The van der Waals surface area contributed by atoms with Gasteiger partial charge in [-0.2, -0.15) is 0 Å². The van der Waals surface area contributed by atoms with Crippen LogP contribution in [-0.4, -0.2) is 35.6 Å². The van der Waals surface area contributed by atoms with E-state index in [0.29, 0.717) is 19.0 Å². The van der Waals surface area contributed by atoms with Crippen LogP contribution in [0.5, 0.6) is 5.88 Å². The summed E-state index contributed by atoms with van der Waals surface area (Å²) in [4.78, 5) is 24.8. The van der Waals surface area contributed by atoms with E-state index in [-0.39, 0.29) is 11.8 Å². The highest BCUT2D eigenvalue weighted by molar-refractivity contribution is 5.93. The first-order valence-electron chi connectivity index (χ1n) is 11.2. The van der Waals surface area contributed by atoms with Crippen molar-refractivity contribution in [1.82, 2.24) is 9.97 Å². The third kappa shape index (κ3) is 4.79. The molecule has 1 N–H and O–H groups in total. The largest absolute Gasteiger partial charge is 0.475 e. The minimum Gasteiger partial charge on any atom is -0.475 e. The number of benzene rings is 2. The molecule has 1 aliphatic rings. The quantitative estimate of drug-likeness (QED) is 0.595. The highest BCUT2D eigenvalue weighted by Gasteiger charge is 2.29. The Morgan fingerprint density at radius 3 is 2.61 bits per heavy atom. The van der Waals surface area contributed by atoms with Crippen LogP contribution in [0, 0.1) is 5.92 Å². The Morgan fingerprint density at radius 2 is 1.84 bits per heavy atom. The van der Waals surface area contributed by atoms with E-state index >= 15 is 0 Å². The Kier molecular flexibility index (Phi) is 6.65. The number of piperidine rings is 1. The average Bonchev–Trinajstić information content (AvgIpc) is 2.82. The van der Waals surface area contributed by atoms with Gasteiger partial charge in [-0.15, -0.1) is 0 Å². The summed E-state index contributed by atoms with van der Waals surface area (Å²) in [7, 11) is 0. The molecule has 6 heteroatoms. The molecule has 2 aromatic carbocycles. The van der Waals surface area contributed by atoms with Crippen molar-refractivity contribution in [2.75, 3.05) is 29.9 Å². The lowest BCUT2D eigenvalue weighted by atomic mass is 9.96. The van der Waals surface area contributed by atoms with Crippen molar-refractivity contribution in [3.63, 3.8) is 0 Å². The summed E-state index contributed by atoms with van der Waals surface area (Å²) in [6, 6.07) is 15.8. The topological polar surface area (TPSA) is 67.4 Å². The second-order valence-electron chi connectivity index (χ2n) is 7.97. The highest BCUT2D eigenvalue weighted by Crippen LogP contribution is 2.31. The fourth-order valence-electron chi connectivity index (χ4n) is 4.04. The van der Waals surface area contributed by atoms with E-state index in [1.165, 1.54) is 0 Å². The summed E-state index contributed by atoms with van der Waals surface area (Å²) in [6.45, 7) is 6.21. The summed E-state index contributed by atoms with van der Waals surface area (Å²) in [5.41, 5.74) is 3.72. The van der Waals surface area contributed by atoms with Crippen LogP contribution in [0.15, 0.2) is 48.5 Å². The Labute approximate surface area is 183 Å². The predicted octanol–water partition coefficient (Wildman–Crippen LogP) is 4.84. The van der Waals surface area contributed by atoms with E-state index in [0.717, 1.165) is 60.3 Å². The lowest BCUT2D eigenvalue weighted by molar-refractivity contribution is -0.120. The SMILES string of the molecule is CCCOc1nc2ccccc2nc1N1CCC[C@H](C(=O)Nc2ccccc2CC)C1. The molecule has 0 aliphatic carbocycles. The fraction of sp³-hybridized carbons (Fsp3) is 0.400. The van der Waals surface area contributed by atoms with Gasteiger partial charge in [-0.05, 0) is 49.4 Å². The molecule has 0 unspecified atom stereocenters. The Hall–Kier alpha value is -3.15. The maximum Gasteiger partial charge on any atom is 0.258 e. The zero-order valence-electron chi connectivity index (χ0n) is 18.3. The molecule has 162 valence electrons. The normalized spacial score (nSPS) is 16.3. The standard InChI is InChI=1S/C25H30N4O2/c1-3-16-31-25-23(26-21-13-7-8-14-22(21)28-25)29-15-9-11-19(17-29)24(30)27-20-12-6-5-10-18(20)4-2/h5-8,10,12-14,19H,3-4,9,11,15-17H2,1-2H3,(H,27,30)/t19-/m0/s1. The predicted molar refractivity (Wildman–Crippen MR) is 125 cm³/mol. The van der Waals surface area contributed by atoms with E-state index in [4.69, 9.17) is 14.7 Å². The van der Waals surface area contributed by atoms with Crippen LogP contribution in [0.25, 0.3) is 11.0 Å². The first-order chi connectivity index (χ1) is 15.2. The highest BCUT2D eigenvalue weighted by atomic mass is 16.5. The molecule has 4 rings (SSSR count). The van der Waals surface area contributed by atoms with Crippen molar-refractivity contribution >= 4 is 28.4 Å². The van der Waals surface area contributed by atoms with Crippen molar-refractivity contribution in [3.05, 3.63) is 54.1 Å². The molecule has 1 amide bonds. The van der Waals surface area contributed by atoms with Crippen molar-refractivity contribution in [1.29, 1.82) is 0 Å². The Balaban J connectivity index is 1.56. The number of hydrogen-bond acceptors (Lipinski definition) is 5. The van der Waals surface area contributed by atoms with Gasteiger partial charge in [0.25, 0.3) is 5.88 Å². The van der Waals surface area contributed by atoms with Crippen molar-refractivity contribution in [2.45, 2.75) is 39.5 Å². The third-order valence-corrected chi connectivity index (χ3v) is 5.71. The summed E-state index contributed by atoms with van der Waals surface area (Å²) < 4.78 is 5.95. The number of nitrogens with zero attached hydrogens (tertiary/aromatic N) is 3. The smallest absolute Gasteiger partial charge is 0.258 e. The van der Waals surface area contributed by atoms with Gasteiger partial charge in [0.05, 0.1) is 23.6 Å². The number of anilines is 2. The van der Waals surface area contributed by atoms with Crippen molar-refractivity contribution < 1.29 is 9.53 Å². The summed E-state index contributed by atoms with van der Waals surface area (Å²) >= 11 is 0. The van der Waals surface area contributed by atoms with Crippen LogP contribution in [0.2, 0.25) is 0 Å². The molecule has 1 saturated heterocycles. The molecule has 2 heterocycles. The number of carbonyl (C=O) groups excluding carboxylic acids is 1. The first-order valence-corrected chi connectivity index (χ1v) is 11.2. The second kappa shape index (κ2) is 9.77. The van der Waals surface area contributed by atoms with Crippen molar-refractivity contribution in [2.24, 2.45) is 5.92 Å². The Bertz CT molecular complexity index is 1050. The Morgan fingerprint density at radius 1 is 1.10 bits per heavy atom. The molecule has 0 bridgehead atoms. The molecule has 3 aromatic rings. The number of aromatic nitrogens is 2. The van der Waals surface area contributed by atoms with E-state index < -0.39 is 0 Å². The van der Waals surface area contributed by atoms with Gasteiger partial charge in [-0.3, -0.25) is 4.79 Å². The number of fused-ring (bicyclic) bond motifs is 1. The monoisotopic (exact) mass is 418 g/mol. The first kappa shape index (κ1) is 21.1. The van der Waals surface area contributed by atoms with Gasteiger partial charge in [-0.1, -0.05) is 44.2 Å². The number of aryl methyl sites for hydroxylation is 1. The van der Waals surface area contributed by atoms with E-state index in [1.807, 2.05) is 42.5 Å². The third-order valence-electron chi connectivity index (χ3n) is 5.71. The minimum atomic E-state index is -0.106. The molecule has 6 nitrogen and oxygen atoms in total. The number of hydrogen-bond donors (Lipinski definition) is 1.